The molecule has 2 rings (SSSR count). The molecule has 19 heavy (non-hydrogen) atoms. The van der Waals surface area contributed by atoms with Gasteiger partial charge in [-0.1, -0.05) is 6.92 Å². The Kier molecular flexibility index (Phi) is 5.62. The first-order valence-corrected chi connectivity index (χ1v) is 9.16. The monoisotopic (exact) mass is 289 g/mol. The first-order chi connectivity index (χ1) is 9.12. The molecule has 0 spiro atoms. The third kappa shape index (κ3) is 5.02. The van der Waals surface area contributed by atoms with Crippen molar-refractivity contribution in [3.63, 3.8) is 0 Å². The molecule has 0 aromatic carbocycles. The molecule has 1 aliphatic heterocycles. The molecule has 0 aromatic heterocycles. The maximum atomic E-state index is 12.2. The molecule has 112 valence electrons. The molecule has 0 bridgehead atoms. The maximum Gasteiger partial charge on any atom is 0.214 e. The molecule has 1 saturated carbocycles. The van der Waals surface area contributed by atoms with Crippen LogP contribution in [-0.2, 0) is 10.0 Å². The minimum Gasteiger partial charge on any atom is -0.314 e. The third-order valence-corrected chi connectivity index (χ3v) is 5.81. The van der Waals surface area contributed by atoms with Crippen molar-refractivity contribution in [2.75, 3.05) is 45.0 Å². The molecule has 0 aromatic rings. The summed E-state index contributed by atoms with van der Waals surface area (Å²) in [6.07, 6.45) is 4.38. The summed E-state index contributed by atoms with van der Waals surface area (Å²) < 4.78 is 26.1. The quantitative estimate of drug-likeness (QED) is 0.661. The Hall–Kier alpha value is -0.170. The lowest BCUT2D eigenvalue weighted by Crippen LogP contribution is -2.49. The Bertz CT molecular complexity index is 360. The molecular weight excluding hydrogens is 262 g/mol. The standard InChI is InChI=1S/C13H27N3O2S/c1-2-7-15-8-10-16(11-9-15)19(17,18)12-3-6-14-13-4-5-13/h13-14H,2-12H2,1H3. The first-order valence-electron chi connectivity index (χ1n) is 7.55. The van der Waals surface area contributed by atoms with E-state index in [0.717, 1.165) is 39.0 Å². The molecule has 1 N–H and O–H groups in total. The van der Waals surface area contributed by atoms with Crippen LogP contribution in [0.3, 0.4) is 0 Å². The summed E-state index contributed by atoms with van der Waals surface area (Å²) in [4.78, 5) is 2.35. The summed E-state index contributed by atoms with van der Waals surface area (Å²) in [5.74, 6) is 0.292. The van der Waals surface area contributed by atoms with Gasteiger partial charge >= 0.3 is 0 Å². The molecule has 0 radical (unpaired) electrons. The number of nitrogens with one attached hydrogen (secondary N) is 1. The van der Waals surface area contributed by atoms with E-state index in [0.29, 0.717) is 24.9 Å². The lowest BCUT2D eigenvalue weighted by Gasteiger charge is -2.33. The Balaban J connectivity index is 1.67. The van der Waals surface area contributed by atoms with Crippen LogP contribution in [0.15, 0.2) is 0 Å². The van der Waals surface area contributed by atoms with Crippen molar-refractivity contribution in [3.8, 4) is 0 Å². The number of hydrogen-bond donors (Lipinski definition) is 1. The predicted molar refractivity (Wildman–Crippen MR) is 77.7 cm³/mol. The van der Waals surface area contributed by atoms with Crippen molar-refractivity contribution in [3.05, 3.63) is 0 Å². The van der Waals surface area contributed by atoms with Crippen molar-refractivity contribution in [2.45, 2.75) is 38.6 Å². The lowest BCUT2D eigenvalue weighted by molar-refractivity contribution is 0.188. The smallest absolute Gasteiger partial charge is 0.214 e. The van der Waals surface area contributed by atoms with Gasteiger partial charge in [-0.15, -0.1) is 0 Å². The van der Waals surface area contributed by atoms with Gasteiger partial charge in [-0.3, -0.25) is 0 Å². The van der Waals surface area contributed by atoms with Crippen LogP contribution in [0.25, 0.3) is 0 Å². The second-order valence-electron chi connectivity index (χ2n) is 5.64. The summed E-state index contributed by atoms with van der Waals surface area (Å²) in [5.41, 5.74) is 0. The molecule has 1 aliphatic carbocycles. The van der Waals surface area contributed by atoms with Crippen LogP contribution in [0.2, 0.25) is 0 Å². The average Bonchev–Trinajstić information content (AvgIpc) is 3.20. The SMILES string of the molecule is CCCN1CCN(S(=O)(=O)CCCNC2CC2)CC1. The largest absolute Gasteiger partial charge is 0.314 e. The molecule has 2 aliphatic rings. The zero-order valence-corrected chi connectivity index (χ0v) is 12.8. The highest BCUT2D eigenvalue weighted by atomic mass is 32.2. The maximum absolute atomic E-state index is 12.2. The van der Waals surface area contributed by atoms with Gasteiger partial charge in [0.15, 0.2) is 0 Å². The molecule has 0 unspecified atom stereocenters. The van der Waals surface area contributed by atoms with E-state index in [4.69, 9.17) is 0 Å². The van der Waals surface area contributed by atoms with Crippen LogP contribution in [0, 0.1) is 0 Å². The van der Waals surface area contributed by atoms with Gasteiger partial charge in [0.25, 0.3) is 0 Å². The highest BCUT2D eigenvalue weighted by molar-refractivity contribution is 7.89. The summed E-state index contributed by atoms with van der Waals surface area (Å²) in [6, 6.07) is 0.667. The van der Waals surface area contributed by atoms with Crippen LogP contribution < -0.4 is 5.32 Å². The van der Waals surface area contributed by atoms with E-state index >= 15 is 0 Å². The molecular formula is C13H27N3O2S. The highest BCUT2D eigenvalue weighted by Gasteiger charge is 2.26. The first kappa shape index (κ1) is 15.2. The van der Waals surface area contributed by atoms with Crippen LogP contribution >= 0.6 is 0 Å². The summed E-state index contributed by atoms with van der Waals surface area (Å²) in [7, 11) is -3.03. The highest BCUT2D eigenvalue weighted by Crippen LogP contribution is 2.18. The zero-order valence-electron chi connectivity index (χ0n) is 12.0. The second-order valence-corrected chi connectivity index (χ2v) is 7.73. The number of rotatable bonds is 8. The number of sulfonamides is 1. The Morgan fingerprint density at radius 2 is 1.84 bits per heavy atom. The van der Waals surface area contributed by atoms with Gasteiger partial charge in [0, 0.05) is 32.2 Å². The van der Waals surface area contributed by atoms with Crippen molar-refractivity contribution in [1.29, 1.82) is 0 Å². The molecule has 6 heteroatoms. The molecule has 0 atom stereocenters. The van der Waals surface area contributed by atoms with Crippen LogP contribution in [0.1, 0.15) is 32.6 Å². The second kappa shape index (κ2) is 7.02. The Morgan fingerprint density at radius 1 is 1.16 bits per heavy atom. The predicted octanol–water partition coefficient (Wildman–Crippen LogP) is 0.486. The minimum atomic E-state index is -3.03. The van der Waals surface area contributed by atoms with Gasteiger partial charge in [-0.25, -0.2) is 8.42 Å². The molecule has 1 saturated heterocycles. The fourth-order valence-corrected chi connectivity index (χ4v) is 4.01. The third-order valence-electron chi connectivity index (χ3n) is 3.85. The van der Waals surface area contributed by atoms with Gasteiger partial charge < -0.3 is 10.2 Å². The topological polar surface area (TPSA) is 52.7 Å². The van der Waals surface area contributed by atoms with Gasteiger partial charge in [-0.05, 0) is 38.8 Å². The molecule has 1 heterocycles. The molecule has 2 fully saturated rings. The average molecular weight is 289 g/mol. The zero-order chi connectivity index (χ0) is 13.7. The van der Waals surface area contributed by atoms with E-state index in [9.17, 15) is 8.42 Å². The van der Waals surface area contributed by atoms with E-state index < -0.39 is 10.0 Å². The molecule has 5 nitrogen and oxygen atoms in total. The van der Waals surface area contributed by atoms with Gasteiger partial charge in [0.05, 0.1) is 5.75 Å². The fourth-order valence-electron chi connectivity index (χ4n) is 2.52. The van der Waals surface area contributed by atoms with Crippen molar-refractivity contribution in [2.24, 2.45) is 0 Å². The van der Waals surface area contributed by atoms with Gasteiger partial charge in [0.1, 0.15) is 0 Å². The lowest BCUT2D eigenvalue weighted by atomic mass is 10.3. The van der Waals surface area contributed by atoms with Crippen LogP contribution in [0.4, 0.5) is 0 Å². The fraction of sp³-hybridized carbons (Fsp3) is 1.00. The van der Waals surface area contributed by atoms with E-state index in [2.05, 4.69) is 17.1 Å². The minimum absolute atomic E-state index is 0.292. The van der Waals surface area contributed by atoms with Crippen LogP contribution in [-0.4, -0.2) is 68.7 Å². The van der Waals surface area contributed by atoms with Gasteiger partial charge in [-0.2, -0.15) is 4.31 Å². The normalized spacial score (nSPS) is 22.8. The van der Waals surface area contributed by atoms with E-state index in [1.165, 1.54) is 12.8 Å². The Labute approximate surface area is 117 Å². The Morgan fingerprint density at radius 3 is 2.42 bits per heavy atom. The van der Waals surface area contributed by atoms with E-state index in [1.807, 2.05) is 0 Å². The van der Waals surface area contributed by atoms with E-state index in [-0.39, 0.29) is 0 Å². The number of hydrogen-bond acceptors (Lipinski definition) is 4. The summed E-state index contributed by atoms with van der Waals surface area (Å²) >= 11 is 0. The number of piperazine rings is 1. The number of nitrogens with zero attached hydrogens (tertiary/aromatic N) is 2. The van der Waals surface area contributed by atoms with Gasteiger partial charge in [0.2, 0.25) is 10.0 Å². The van der Waals surface area contributed by atoms with Crippen molar-refractivity contribution >= 4 is 10.0 Å². The molecule has 0 amide bonds. The van der Waals surface area contributed by atoms with Crippen molar-refractivity contribution in [1.82, 2.24) is 14.5 Å². The summed E-state index contributed by atoms with van der Waals surface area (Å²) in [5, 5.41) is 3.36. The van der Waals surface area contributed by atoms with Crippen molar-refractivity contribution < 1.29 is 8.42 Å². The van der Waals surface area contributed by atoms with Crippen LogP contribution in [0.5, 0.6) is 0 Å². The summed E-state index contributed by atoms with van der Waals surface area (Å²) in [6.45, 7) is 7.17. The van der Waals surface area contributed by atoms with E-state index in [1.54, 1.807) is 4.31 Å².